The van der Waals surface area contributed by atoms with Crippen LogP contribution in [0.4, 0.5) is 11.4 Å². The van der Waals surface area contributed by atoms with Gasteiger partial charge in [0, 0.05) is 48.6 Å². The van der Waals surface area contributed by atoms with E-state index >= 15 is 0 Å². The summed E-state index contributed by atoms with van der Waals surface area (Å²) in [5, 5.41) is 13.6. The van der Waals surface area contributed by atoms with Gasteiger partial charge in [0.25, 0.3) is 5.69 Å². The number of carbonyl (C=O) groups is 1. The van der Waals surface area contributed by atoms with Gasteiger partial charge in [0.15, 0.2) is 4.80 Å². The van der Waals surface area contributed by atoms with E-state index in [1.165, 1.54) is 23.5 Å². The van der Waals surface area contributed by atoms with E-state index in [0.717, 1.165) is 41.1 Å². The molecule has 1 aromatic heterocycles. The van der Waals surface area contributed by atoms with Gasteiger partial charge in [0.1, 0.15) is 0 Å². The maximum absolute atomic E-state index is 11.9. The number of nitro benzene ring substituents is 1. The molecule has 1 saturated heterocycles. The third-order valence-electron chi connectivity index (χ3n) is 5.20. The van der Waals surface area contributed by atoms with Crippen LogP contribution in [0.15, 0.2) is 58.9 Å². The zero-order valence-corrected chi connectivity index (χ0v) is 18.3. The van der Waals surface area contributed by atoms with E-state index < -0.39 is 4.92 Å². The van der Waals surface area contributed by atoms with Gasteiger partial charge in [-0.2, -0.15) is 0 Å². The van der Waals surface area contributed by atoms with Crippen LogP contribution < -0.4 is 4.80 Å². The molecule has 9 heteroatoms. The van der Waals surface area contributed by atoms with Gasteiger partial charge in [-0.3, -0.25) is 14.9 Å². The average Bonchev–Trinajstić information content (AvgIpc) is 3.36. The average molecular weight is 457 g/mol. The van der Waals surface area contributed by atoms with E-state index in [4.69, 9.17) is 16.6 Å². The maximum Gasteiger partial charge on any atom is 0.269 e. The van der Waals surface area contributed by atoms with E-state index in [9.17, 15) is 14.9 Å². The van der Waals surface area contributed by atoms with E-state index in [2.05, 4.69) is 4.57 Å². The second-order valence-electron chi connectivity index (χ2n) is 7.29. The summed E-state index contributed by atoms with van der Waals surface area (Å²) >= 11 is 7.50. The second-order valence-corrected chi connectivity index (χ2v) is 8.56. The summed E-state index contributed by atoms with van der Waals surface area (Å²) in [6.07, 6.45) is 2.36. The van der Waals surface area contributed by atoms with Gasteiger partial charge in [-0.1, -0.05) is 11.6 Å². The van der Waals surface area contributed by atoms with Crippen LogP contribution in [-0.2, 0) is 11.3 Å². The van der Waals surface area contributed by atoms with E-state index in [0.29, 0.717) is 24.5 Å². The number of hydrogen-bond acceptors (Lipinski definition) is 5. The monoisotopic (exact) mass is 456 g/mol. The van der Waals surface area contributed by atoms with Crippen LogP contribution in [0.3, 0.4) is 0 Å². The molecule has 31 heavy (non-hydrogen) atoms. The molecule has 0 aliphatic carbocycles. The maximum atomic E-state index is 11.9. The van der Waals surface area contributed by atoms with Gasteiger partial charge in [-0.15, -0.1) is 11.3 Å². The van der Waals surface area contributed by atoms with Crippen LogP contribution in [0.1, 0.15) is 19.3 Å². The molecule has 0 atom stereocenters. The summed E-state index contributed by atoms with van der Waals surface area (Å²) in [6, 6.07) is 13.9. The van der Waals surface area contributed by atoms with Gasteiger partial charge in [-0.05, 0) is 54.8 Å². The Morgan fingerprint density at radius 1 is 1.10 bits per heavy atom. The van der Waals surface area contributed by atoms with Crippen LogP contribution in [0.25, 0.3) is 11.3 Å². The minimum absolute atomic E-state index is 0.0594. The van der Waals surface area contributed by atoms with Crippen molar-refractivity contribution >= 4 is 40.2 Å². The van der Waals surface area contributed by atoms with Crippen molar-refractivity contribution in [3.05, 3.63) is 73.8 Å². The van der Waals surface area contributed by atoms with Crippen LogP contribution in [0.2, 0.25) is 5.02 Å². The molecule has 0 N–H and O–H groups in total. The summed E-state index contributed by atoms with van der Waals surface area (Å²) in [4.78, 5) is 30.0. The molecule has 1 aliphatic rings. The Kier molecular flexibility index (Phi) is 6.48. The molecule has 0 spiro atoms. The molecule has 0 saturated carbocycles. The van der Waals surface area contributed by atoms with Crippen LogP contribution in [0, 0.1) is 10.1 Å². The zero-order chi connectivity index (χ0) is 21.8. The number of carbonyl (C=O) groups excluding carboxylic acids is 1. The van der Waals surface area contributed by atoms with E-state index in [1.807, 2.05) is 22.4 Å². The fourth-order valence-electron chi connectivity index (χ4n) is 3.61. The zero-order valence-electron chi connectivity index (χ0n) is 16.7. The van der Waals surface area contributed by atoms with Gasteiger partial charge in [0.2, 0.25) is 5.91 Å². The van der Waals surface area contributed by atoms with Crippen molar-refractivity contribution in [2.45, 2.75) is 25.8 Å². The highest BCUT2D eigenvalue weighted by molar-refractivity contribution is 7.07. The number of likely N-dealkylation sites (tertiary alicyclic amines) is 1. The third-order valence-corrected chi connectivity index (χ3v) is 6.32. The summed E-state index contributed by atoms with van der Waals surface area (Å²) in [6.45, 7) is 2.22. The Morgan fingerprint density at radius 2 is 1.84 bits per heavy atom. The molecule has 1 aliphatic heterocycles. The molecule has 3 aromatic rings. The topological polar surface area (TPSA) is 80.7 Å². The molecule has 2 heterocycles. The Labute approximate surface area is 188 Å². The number of hydrogen-bond donors (Lipinski definition) is 0. The number of nitro groups is 1. The standard InChI is InChI=1S/C22H21ClN4O3S/c23-17-6-8-18(9-7-17)24-22-26(14-2-13-25-12-1-3-21(25)28)20(15-31-22)16-4-10-19(11-5-16)27(29)30/h4-11,15H,1-3,12-14H2. The number of rotatable bonds is 7. The number of nitrogens with zero attached hydrogens (tertiary/aromatic N) is 4. The van der Waals surface area contributed by atoms with Crippen LogP contribution in [-0.4, -0.2) is 33.4 Å². The smallest absolute Gasteiger partial charge is 0.269 e. The van der Waals surface area contributed by atoms with Gasteiger partial charge >= 0.3 is 0 Å². The summed E-state index contributed by atoms with van der Waals surface area (Å²) in [5.74, 6) is 0.219. The predicted octanol–water partition coefficient (Wildman–Crippen LogP) is 5.02. The minimum atomic E-state index is -0.403. The summed E-state index contributed by atoms with van der Waals surface area (Å²) < 4.78 is 2.11. The fraction of sp³-hybridized carbons (Fsp3) is 0.273. The van der Waals surface area contributed by atoms with Crippen LogP contribution in [0.5, 0.6) is 0 Å². The highest BCUT2D eigenvalue weighted by atomic mass is 35.5. The molecule has 2 aromatic carbocycles. The van der Waals surface area contributed by atoms with Crippen molar-refractivity contribution in [2.75, 3.05) is 13.1 Å². The molecular formula is C22H21ClN4O3S. The first kappa shape index (κ1) is 21.3. The first-order valence-electron chi connectivity index (χ1n) is 10.0. The molecular weight excluding hydrogens is 436 g/mol. The molecule has 1 fully saturated rings. The number of non-ortho nitro benzene ring substituents is 1. The number of amides is 1. The Bertz CT molecular complexity index is 1150. The highest BCUT2D eigenvalue weighted by Crippen LogP contribution is 2.24. The lowest BCUT2D eigenvalue weighted by atomic mass is 10.1. The Hall–Kier alpha value is -2.97. The molecule has 4 rings (SSSR count). The molecule has 7 nitrogen and oxygen atoms in total. The van der Waals surface area contributed by atoms with Crippen molar-refractivity contribution in [1.82, 2.24) is 9.47 Å². The SMILES string of the molecule is O=C1CCCN1CCCn1c(-c2ccc([N+](=O)[O-])cc2)csc1=Nc1ccc(Cl)cc1. The van der Waals surface area contributed by atoms with Crippen molar-refractivity contribution in [2.24, 2.45) is 4.99 Å². The predicted molar refractivity (Wildman–Crippen MR) is 122 cm³/mol. The largest absolute Gasteiger partial charge is 0.343 e. The van der Waals surface area contributed by atoms with Crippen molar-refractivity contribution in [3.8, 4) is 11.3 Å². The van der Waals surface area contributed by atoms with Crippen molar-refractivity contribution in [1.29, 1.82) is 0 Å². The minimum Gasteiger partial charge on any atom is -0.343 e. The molecule has 0 radical (unpaired) electrons. The molecule has 160 valence electrons. The lowest BCUT2D eigenvalue weighted by molar-refractivity contribution is -0.384. The quantitative estimate of drug-likeness (QED) is 0.369. The fourth-order valence-corrected chi connectivity index (χ4v) is 4.69. The second kappa shape index (κ2) is 9.45. The number of aromatic nitrogens is 1. The summed E-state index contributed by atoms with van der Waals surface area (Å²) in [7, 11) is 0. The number of benzene rings is 2. The lowest BCUT2D eigenvalue weighted by Gasteiger charge is -2.16. The van der Waals surface area contributed by atoms with Gasteiger partial charge in [0.05, 0.1) is 16.3 Å². The van der Waals surface area contributed by atoms with E-state index in [-0.39, 0.29) is 11.6 Å². The number of halogens is 1. The van der Waals surface area contributed by atoms with Crippen LogP contribution >= 0.6 is 22.9 Å². The first-order chi connectivity index (χ1) is 15.0. The Morgan fingerprint density at radius 3 is 2.48 bits per heavy atom. The number of thiazole rings is 1. The van der Waals surface area contributed by atoms with E-state index in [1.54, 1.807) is 24.3 Å². The molecule has 0 bridgehead atoms. The normalized spacial score (nSPS) is 14.4. The first-order valence-corrected chi connectivity index (χ1v) is 11.3. The van der Waals surface area contributed by atoms with Crippen molar-refractivity contribution in [3.63, 3.8) is 0 Å². The third kappa shape index (κ3) is 5.03. The molecule has 0 unspecified atom stereocenters. The van der Waals surface area contributed by atoms with Gasteiger partial charge < -0.3 is 9.47 Å². The Balaban J connectivity index is 1.65. The molecule has 1 amide bonds. The lowest BCUT2D eigenvalue weighted by Crippen LogP contribution is -2.27. The van der Waals surface area contributed by atoms with Crippen molar-refractivity contribution < 1.29 is 9.72 Å². The highest BCUT2D eigenvalue weighted by Gasteiger charge is 2.19. The van der Waals surface area contributed by atoms with Gasteiger partial charge in [-0.25, -0.2) is 4.99 Å². The summed E-state index contributed by atoms with van der Waals surface area (Å²) in [5.41, 5.74) is 2.69.